The maximum atomic E-state index is 12.2. The molecule has 1 aromatic heterocycles. The molecular formula is C21H19NO4. The lowest BCUT2D eigenvalue weighted by Crippen LogP contribution is -2.31. The van der Waals surface area contributed by atoms with Crippen molar-refractivity contribution in [2.24, 2.45) is 0 Å². The molecule has 1 atom stereocenters. The highest BCUT2D eigenvalue weighted by molar-refractivity contribution is 5.94. The number of fused-ring (bicyclic) bond motifs is 1. The predicted octanol–water partition coefficient (Wildman–Crippen LogP) is 3.37. The minimum atomic E-state index is -0.390. The van der Waals surface area contributed by atoms with Crippen LogP contribution in [0.2, 0.25) is 0 Å². The second-order valence-electron chi connectivity index (χ2n) is 6.41. The van der Waals surface area contributed by atoms with Gasteiger partial charge in [-0.3, -0.25) is 4.79 Å². The third-order valence-corrected chi connectivity index (χ3v) is 4.61. The first-order valence-electron chi connectivity index (χ1n) is 8.74. The molecule has 2 heterocycles. The fourth-order valence-electron chi connectivity index (χ4n) is 3.18. The zero-order chi connectivity index (χ0) is 17.9. The summed E-state index contributed by atoms with van der Waals surface area (Å²) >= 11 is 0. The van der Waals surface area contributed by atoms with E-state index >= 15 is 0 Å². The number of hydrogen-bond donors (Lipinski definition) is 1. The Morgan fingerprint density at radius 2 is 1.92 bits per heavy atom. The molecule has 0 saturated carbocycles. The lowest BCUT2D eigenvalue weighted by Gasteiger charge is -2.11. The van der Waals surface area contributed by atoms with Crippen molar-refractivity contribution < 1.29 is 13.9 Å². The SMILES string of the molecule is O=C(NCC1CCCO1)c1ccc(-c2cc3ccccc3oc2=O)cc1. The molecule has 5 nitrogen and oxygen atoms in total. The predicted molar refractivity (Wildman–Crippen MR) is 99.2 cm³/mol. The van der Waals surface area contributed by atoms with Crippen LogP contribution < -0.4 is 10.9 Å². The number of carbonyl (C=O) groups is 1. The largest absolute Gasteiger partial charge is 0.422 e. The van der Waals surface area contributed by atoms with Gasteiger partial charge in [0.2, 0.25) is 0 Å². The highest BCUT2D eigenvalue weighted by Crippen LogP contribution is 2.21. The summed E-state index contributed by atoms with van der Waals surface area (Å²) in [7, 11) is 0. The van der Waals surface area contributed by atoms with Gasteiger partial charge in [0.15, 0.2) is 0 Å². The van der Waals surface area contributed by atoms with E-state index in [0.29, 0.717) is 23.3 Å². The van der Waals surface area contributed by atoms with Crippen LogP contribution in [0.1, 0.15) is 23.2 Å². The zero-order valence-corrected chi connectivity index (χ0v) is 14.2. The van der Waals surface area contributed by atoms with Crippen LogP contribution in [0.4, 0.5) is 0 Å². The van der Waals surface area contributed by atoms with Gasteiger partial charge < -0.3 is 14.5 Å². The third kappa shape index (κ3) is 3.39. The van der Waals surface area contributed by atoms with E-state index in [4.69, 9.17) is 9.15 Å². The van der Waals surface area contributed by atoms with Crippen LogP contribution in [0.25, 0.3) is 22.1 Å². The fourth-order valence-corrected chi connectivity index (χ4v) is 3.18. The Balaban J connectivity index is 1.53. The summed E-state index contributed by atoms with van der Waals surface area (Å²) < 4.78 is 10.9. The minimum absolute atomic E-state index is 0.112. The van der Waals surface area contributed by atoms with Gasteiger partial charge in [0.05, 0.1) is 11.7 Å². The monoisotopic (exact) mass is 349 g/mol. The molecule has 1 N–H and O–H groups in total. The minimum Gasteiger partial charge on any atom is -0.422 e. The van der Waals surface area contributed by atoms with Gasteiger partial charge >= 0.3 is 5.63 Å². The van der Waals surface area contributed by atoms with E-state index in [1.54, 1.807) is 30.3 Å². The molecule has 0 radical (unpaired) electrons. The molecule has 1 unspecified atom stereocenters. The first kappa shape index (κ1) is 16.5. The molecule has 1 aliphatic heterocycles. The molecule has 0 aliphatic carbocycles. The third-order valence-electron chi connectivity index (χ3n) is 4.61. The molecule has 0 spiro atoms. The summed E-state index contributed by atoms with van der Waals surface area (Å²) in [6, 6.07) is 16.2. The van der Waals surface area contributed by atoms with Crippen molar-refractivity contribution in [1.29, 1.82) is 0 Å². The smallest absolute Gasteiger partial charge is 0.344 e. The van der Waals surface area contributed by atoms with Crippen LogP contribution in [0.15, 0.2) is 63.8 Å². The summed E-state index contributed by atoms with van der Waals surface area (Å²) in [5.74, 6) is -0.141. The van der Waals surface area contributed by atoms with Crippen molar-refractivity contribution in [3.8, 4) is 11.1 Å². The average Bonchev–Trinajstić information content (AvgIpc) is 3.19. The van der Waals surface area contributed by atoms with Crippen LogP contribution >= 0.6 is 0 Å². The van der Waals surface area contributed by atoms with Crippen LogP contribution in [-0.2, 0) is 4.74 Å². The topological polar surface area (TPSA) is 68.5 Å². The molecule has 5 heteroatoms. The molecule has 0 bridgehead atoms. The number of ether oxygens (including phenoxy) is 1. The molecular weight excluding hydrogens is 330 g/mol. The molecule has 1 saturated heterocycles. The Kier molecular flexibility index (Phi) is 4.54. The molecule has 1 aliphatic rings. The lowest BCUT2D eigenvalue weighted by molar-refractivity contribution is 0.0858. The Bertz CT molecular complexity index is 985. The first-order valence-corrected chi connectivity index (χ1v) is 8.74. The average molecular weight is 349 g/mol. The van der Waals surface area contributed by atoms with Gasteiger partial charge in [-0.2, -0.15) is 0 Å². The van der Waals surface area contributed by atoms with E-state index in [2.05, 4.69) is 5.32 Å². The van der Waals surface area contributed by atoms with Crippen molar-refractivity contribution in [1.82, 2.24) is 5.32 Å². The number of para-hydroxylation sites is 1. The fraction of sp³-hybridized carbons (Fsp3) is 0.238. The van der Waals surface area contributed by atoms with Gasteiger partial charge in [0.25, 0.3) is 5.91 Å². The zero-order valence-electron chi connectivity index (χ0n) is 14.2. The van der Waals surface area contributed by atoms with Crippen molar-refractivity contribution >= 4 is 16.9 Å². The molecule has 1 amide bonds. The summed E-state index contributed by atoms with van der Waals surface area (Å²) in [5.41, 5.74) is 1.93. The van der Waals surface area contributed by atoms with E-state index in [-0.39, 0.29) is 17.6 Å². The Morgan fingerprint density at radius 1 is 1.12 bits per heavy atom. The van der Waals surface area contributed by atoms with E-state index in [1.807, 2.05) is 24.3 Å². The van der Waals surface area contributed by atoms with E-state index in [0.717, 1.165) is 30.4 Å². The quantitative estimate of drug-likeness (QED) is 0.733. The Morgan fingerprint density at radius 3 is 2.69 bits per heavy atom. The van der Waals surface area contributed by atoms with Gasteiger partial charge in [-0.15, -0.1) is 0 Å². The molecule has 132 valence electrons. The van der Waals surface area contributed by atoms with Gasteiger partial charge in [0.1, 0.15) is 5.58 Å². The second-order valence-corrected chi connectivity index (χ2v) is 6.41. The van der Waals surface area contributed by atoms with Gasteiger partial charge in [-0.25, -0.2) is 4.79 Å². The number of carbonyl (C=O) groups excluding carboxylic acids is 1. The number of hydrogen-bond acceptors (Lipinski definition) is 4. The van der Waals surface area contributed by atoms with Gasteiger partial charge in [-0.1, -0.05) is 30.3 Å². The van der Waals surface area contributed by atoms with Crippen molar-refractivity contribution in [2.45, 2.75) is 18.9 Å². The van der Waals surface area contributed by atoms with E-state index < -0.39 is 0 Å². The summed E-state index contributed by atoms with van der Waals surface area (Å²) in [6.45, 7) is 1.29. The van der Waals surface area contributed by atoms with Crippen molar-refractivity contribution in [2.75, 3.05) is 13.2 Å². The molecule has 26 heavy (non-hydrogen) atoms. The van der Waals surface area contributed by atoms with E-state index in [9.17, 15) is 9.59 Å². The number of amides is 1. The maximum Gasteiger partial charge on any atom is 0.344 e. The Hall–Kier alpha value is -2.92. The van der Waals surface area contributed by atoms with Crippen LogP contribution in [0.5, 0.6) is 0 Å². The molecule has 1 fully saturated rings. The number of benzene rings is 2. The lowest BCUT2D eigenvalue weighted by atomic mass is 10.0. The molecule has 4 rings (SSSR count). The van der Waals surface area contributed by atoms with Crippen molar-refractivity contribution in [3.05, 3.63) is 70.6 Å². The number of nitrogens with one attached hydrogen (secondary N) is 1. The Labute approximate surface area is 150 Å². The summed E-state index contributed by atoms with van der Waals surface area (Å²) in [6.07, 6.45) is 2.14. The summed E-state index contributed by atoms with van der Waals surface area (Å²) in [5, 5.41) is 3.75. The molecule has 3 aromatic rings. The summed E-state index contributed by atoms with van der Waals surface area (Å²) in [4.78, 5) is 24.5. The maximum absolute atomic E-state index is 12.2. The van der Waals surface area contributed by atoms with Crippen LogP contribution in [-0.4, -0.2) is 25.2 Å². The normalized spacial score (nSPS) is 16.7. The van der Waals surface area contributed by atoms with Gasteiger partial charge in [0, 0.05) is 24.1 Å². The highest BCUT2D eigenvalue weighted by atomic mass is 16.5. The number of rotatable bonds is 4. The van der Waals surface area contributed by atoms with Crippen molar-refractivity contribution in [3.63, 3.8) is 0 Å². The second kappa shape index (κ2) is 7.14. The van der Waals surface area contributed by atoms with Crippen LogP contribution in [0.3, 0.4) is 0 Å². The van der Waals surface area contributed by atoms with E-state index in [1.165, 1.54) is 0 Å². The first-order chi connectivity index (χ1) is 12.7. The van der Waals surface area contributed by atoms with Gasteiger partial charge in [-0.05, 0) is 42.7 Å². The standard InChI is InChI=1S/C21H19NO4/c23-20(22-13-17-5-3-11-25-17)15-9-7-14(8-10-15)18-12-16-4-1-2-6-19(16)26-21(18)24/h1-2,4,6-10,12,17H,3,5,11,13H2,(H,22,23). The highest BCUT2D eigenvalue weighted by Gasteiger charge is 2.17. The van der Waals surface area contributed by atoms with Crippen LogP contribution in [0, 0.1) is 0 Å². The molecule has 2 aromatic carbocycles.